The Balaban J connectivity index is 2.02. The van der Waals surface area contributed by atoms with E-state index >= 15 is 0 Å². The maximum absolute atomic E-state index is 13.2. The average Bonchev–Trinajstić information content (AvgIpc) is 3.21. The smallest absolute Gasteiger partial charge is 0.369 e. The van der Waals surface area contributed by atoms with Gasteiger partial charge >= 0.3 is 6.18 Å². The fourth-order valence-corrected chi connectivity index (χ4v) is 3.86. The molecule has 3 N–H and O–H groups in total. The van der Waals surface area contributed by atoms with Crippen molar-refractivity contribution in [1.82, 2.24) is 19.7 Å². The molecule has 31 heavy (non-hydrogen) atoms. The van der Waals surface area contributed by atoms with Gasteiger partial charge in [0.25, 0.3) is 5.56 Å². The van der Waals surface area contributed by atoms with Gasteiger partial charge in [0.2, 0.25) is 5.91 Å². The van der Waals surface area contributed by atoms with Crippen LogP contribution in [0.15, 0.2) is 47.5 Å². The third-order valence-electron chi connectivity index (χ3n) is 5.25. The minimum atomic E-state index is -4.61. The van der Waals surface area contributed by atoms with Crippen LogP contribution < -0.4 is 11.3 Å². The Morgan fingerprint density at radius 1 is 1.26 bits per heavy atom. The summed E-state index contributed by atoms with van der Waals surface area (Å²) in [5.41, 5.74) is 6.92. The molecule has 10 heteroatoms. The zero-order valence-corrected chi connectivity index (χ0v) is 16.4. The standard InChI is InChI=1S/C21H18F3N5O2/c1-2-12(19(25)30)14-6-4-3-5-13(14)11-7-16-18(26-8-11)17-15(9-27-28-17)20(31)29(16)10-21(22,23)24/h3-9,12H,2,10H2,1H3,(H2,25,30)(H,27,28). The van der Waals surface area contributed by atoms with Gasteiger partial charge in [-0.3, -0.25) is 24.2 Å². The second-order valence-corrected chi connectivity index (χ2v) is 7.21. The number of rotatable bonds is 5. The summed E-state index contributed by atoms with van der Waals surface area (Å²) in [6.45, 7) is 0.357. The van der Waals surface area contributed by atoms with Crippen molar-refractivity contribution in [2.75, 3.05) is 0 Å². The molecule has 1 atom stereocenters. The predicted octanol–water partition coefficient (Wildman–Crippen LogP) is 3.48. The molecule has 0 fully saturated rings. The molecule has 160 valence electrons. The normalized spacial score (nSPS) is 13.0. The molecule has 1 unspecified atom stereocenters. The van der Waals surface area contributed by atoms with E-state index in [1.54, 1.807) is 24.3 Å². The number of H-pyrrole nitrogens is 1. The Morgan fingerprint density at radius 3 is 2.68 bits per heavy atom. The van der Waals surface area contributed by atoms with Crippen molar-refractivity contribution >= 4 is 27.8 Å². The van der Waals surface area contributed by atoms with Gasteiger partial charge in [0.05, 0.1) is 28.5 Å². The molecule has 4 aromatic rings. The van der Waals surface area contributed by atoms with Gasteiger partial charge in [-0.25, -0.2) is 0 Å². The molecule has 0 bridgehead atoms. The summed E-state index contributed by atoms with van der Waals surface area (Å²) < 4.78 is 40.4. The number of carbonyl (C=O) groups excluding carboxylic acids is 1. The third-order valence-corrected chi connectivity index (χ3v) is 5.25. The Hall–Kier alpha value is -3.69. The maximum atomic E-state index is 13.2. The second kappa shape index (κ2) is 7.53. The monoisotopic (exact) mass is 429 g/mol. The van der Waals surface area contributed by atoms with E-state index in [1.807, 2.05) is 6.92 Å². The number of alkyl halides is 3. The Kier molecular flexibility index (Phi) is 5.00. The van der Waals surface area contributed by atoms with Crippen LogP contribution in [-0.2, 0) is 11.3 Å². The molecule has 0 aliphatic carbocycles. The number of primary amides is 1. The number of pyridine rings is 2. The Labute approximate surface area is 173 Å². The van der Waals surface area contributed by atoms with Crippen LogP contribution in [0.1, 0.15) is 24.8 Å². The molecule has 0 saturated heterocycles. The zero-order chi connectivity index (χ0) is 22.3. The number of amides is 1. The SMILES string of the molecule is CCC(C(N)=O)c1ccccc1-c1cnc2c3[nH]ncc3c(=O)n(CC(F)(F)F)c2c1. The van der Waals surface area contributed by atoms with E-state index < -0.39 is 30.1 Å². The molecule has 0 aliphatic rings. The quantitative estimate of drug-likeness (QED) is 0.506. The number of nitrogens with two attached hydrogens (primary N) is 1. The number of aromatic nitrogens is 4. The van der Waals surface area contributed by atoms with Crippen molar-refractivity contribution in [1.29, 1.82) is 0 Å². The van der Waals surface area contributed by atoms with Gasteiger partial charge in [-0.05, 0) is 23.6 Å². The number of hydrogen-bond acceptors (Lipinski definition) is 4. The molecule has 3 heterocycles. The lowest BCUT2D eigenvalue weighted by Crippen LogP contribution is -2.28. The molecule has 4 rings (SSSR count). The summed E-state index contributed by atoms with van der Waals surface area (Å²) in [4.78, 5) is 29.0. The first kappa shape index (κ1) is 20.6. The number of carbonyl (C=O) groups is 1. The molecule has 0 aliphatic heterocycles. The lowest BCUT2D eigenvalue weighted by Gasteiger charge is -2.18. The summed E-state index contributed by atoms with van der Waals surface area (Å²) in [6, 6.07) is 8.47. The van der Waals surface area contributed by atoms with E-state index in [0.717, 1.165) is 0 Å². The van der Waals surface area contributed by atoms with Crippen LogP contribution in [0.25, 0.3) is 33.1 Å². The van der Waals surface area contributed by atoms with Crippen molar-refractivity contribution in [3.63, 3.8) is 0 Å². The number of benzene rings is 1. The van der Waals surface area contributed by atoms with Crippen LogP contribution >= 0.6 is 0 Å². The van der Waals surface area contributed by atoms with Gasteiger partial charge in [0, 0.05) is 11.8 Å². The second-order valence-electron chi connectivity index (χ2n) is 7.21. The highest BCUT2D eigenvalue weighted by atomic mass is 19.4. The number of nitrogens with zero attached hydrogens (tertiary/aromatic N) is 3. The highest BCUT2D eigenvalue weighted by molar-refractivity contribution is 6.01. The van der Waals surface area contributed by atoms with Crippen molar-refractivity contribution in [2.24, 2.45) is 5.73 Å². The van der Waals surface area contributed by atoms with E-state index in [0.29, 0.717) is 27.7 Å². The van der Waals surface area contributed by atoms with Gasteiger partial charge in [0.1, 0.15) is 12.1 Å². The van der Waals surface area contributed by atoms with E-state index in [2.05, 4.69) is 15.2 Å². The number of aromatic amines is 1. The number of hydrogen-bond donors (Lipinski definition) is 2. The van der Waals surface area contributed by atoms with Crippen LogP contribution in [0.3, 0.4) is 0 Å². The molecule has 1 aromatic carbocycles. The van der Waals surface area contributed by atoms with E-state index in [-0.39, 0.29) is 21.9 Å². The maximum Gasteiger partial charge on any atom is 0.406 e. The van der Waals surface area contributed by atoms with E-state index in [9.17, 15) is 22.8 Å². The molecular formula is C21H18F3N5O2. The third kappa shape index (κ3) is 3.65. The highest BCUT2D eigenvalue weighted by Crippen LogP contribution is 2.33. The van der Waals surface area contributed by atoms with Gasteiger partial charge in [-0.15, -0.1) is 0 Å². The van der Waals surface area contributed by atoms with Crippen LogP contribution in [0, 0.1) is 0 Å². The molecule has 0 radical (unpaired) electrons. The van der Waals surface area contributed by atoms with Crippen LogP contribution in [-0.4, -0.2) is 31.8 Å². The molecule has 1 amide bonds. The molecule has 0 saturated carbocycles. The minimum Gasteiger partial charge on any atom is -0.369 e. The molecule has 3 aromatic heterocycles. The summed E-state index contributed by atoms with van der Waals surface area (Å²) in [5, 5.41) is 6.45. The lowest BCUT2D eigenvalue weighted by atomic mass is 9.89. The number of halogens is 3. The summed E-state index contributed by atoms with van der Waals surface area (Å²) in [6.07, 6.45) is -1.46. The first-order valence-corrected chi connectivity index (χ1v) is 9.52. The number of fused-ring (bicyclic) bond motifs is 3. The van der Waals surface area contributed by atoms with Gasteiger partial charge in [-0.2, -0.15) is 18.3 Å². The fraction of sp³-hybridized carbons (Fsp3) is 0.238. The first-order valence-electron chi connectivity index (χ1n) is 9.52. The van der Waals surface area contributed by atoms with Crippen LogP contribution in [0.2, 0.25) is 0 Å². The van der Waals surface area contributed by atoms with E-state index in [4.69, 9.17) is 5.73 Å². The van der Waals surface area contributed by atoms with Gasteiger partial charge in [0.15, 0.2) is 0 Å². The predicted molar refractivity (Wildman–Crippen MR) is 109 cm³/mol. The first-order chi connectivity index (χ1) is 14.7. The summed E-state index contributed by atoms with van der Waals surface area (Å²) in [5.74, 6) is -1.07. The molecule has 7 nitrogen and oxygen atoms in total. The molecular weight excluding hydrogens is 411 g/mol. The van der Waals surface area contributed by atoms with Gasteiger partial charge in [-0.1, -0.05) is 31.2 Å². The van der Waals surface area contributed by atoms with Crippen molar-refractivity contribution < 1.29 is 18.0 Å². The molecule has 0 spiro atoms. The lowest BCUT2D eigenvalue weighted by molar-refractivity contribution is -0.140. The van der Waals surface area contributed by atoms with Crippen molar-refractivity contribution in [3.05, 3.63) is 58.6 Å². The van der Waals surface area contributed by atoms with Crippen LogP contribution in [0.4, 0.5) is 13.2 Å². The topological polar surface area (TPSA) is 107 Å². The average molecular weight is 429 g/mol. The van der Waals surface area contributed by atoms with Crippen molar-refractivity contribution in [2.45, 2.75) is 32.0 Å². The fourth-order valence-electron chi connectivity index (χ4n) is 3.86. The number of nitrogens with one attached hydrogen (secondary N) is 1. The van der Waals surface area contributed by atoms with Crippen molar-refractivity contribution in [3.8, 4) is 11.1 Å². The van der Waals surface area contributed by atoms with E-state index in [1.165, 1.54) is 18.5 Å². The Bertz CT molecular complexity index is 1360. The summed E-state index contributed by atoms with van der Waals surface area (Å²) in [7, 11) is 0. The minimum absolute atomic E-state index is 0.0125. The zero-order valence-electron chi connectivity index (χ0n) is 16.4. The van der Waals surface area contributed by atoms with Crippen LogP contribution in [0.5, 0.6) is 0 Å². The summed E-state index contributed by atoms with van der Waals surface area (Å²) >= 11 is 0. The largest absolute Gasteiger partial charge is 0.406 e. The van der Waals surface area contributed by atoms with Gasteiger partial charge < -0.3 is 5.73 Å². The Morgan fingerprint density at radius 2 is 2.00 bits per heavy atom. The highest BCUT2D eigenvalue weighted by Gasteiger charge is 2.30.